The van der Waals surface area contributed by atoms with Gasteiger partial charge in [-0.3, -0.25) is 4.98 Å². The highest BCUT2D eigenvalue weighted by atomic mass is 32.2. The van der Waals surface area contributed by atoms with Crippen LogP contribution in [0, 0.1) is 0 Å². The second-order valence-corrected chi connectivity index (χ2v) is 5.28. The van der Waals surface area contributed by atoms with Gasteiger partial charge >= 0.3 is 0 Å². The van der Waals surface area contributed by atoms with Gasteiger partial charge in [0.1, 0.15) is 0 Å². The van der Waals surface area contributed by atoms with Crippen LogP contribution in [0.1, 0.15) is 5.69 Å². The average Bonchev–Trinajstić information content (AvgIpc) is 2.25. The van der Waals surface area contributed by atoms with Crippen molar-refractivity contribution in [3.05, 3.63) is 36.2 Å². The standard InChI is InChI=1S/C10H11N3O2S/c1-16(14,15)12-7-8-6-11-9-4-2-3-5-10(9)13-8/h2-6,12H,7H2,1H3. The van der Waals surface area contributed by atoms with Crippen LogP contribution < -0.4 is 4.72 Å². The first-order valence-corrected chi connectivity index (χ1v) is 6.59. The Hall–Kier alpha value is -1.53. The van der Waals surface area contributed by atoms with E-state index in [9.17, 15) is 8.42 Å². The summed E-state index contributed by atoms with van der Waals surface area (Å²) in [5.74, 6) is 0. The molecule has 0 aliphatic heterocycles. The molecule has 1 aromatic heterocycles. The summed E-state index contributed by atoms with van der Waals surface area (Å²) < 4.78 is 24.2. The van der Waals surface area contributed by atoms with E-state index in [1.807, 2.05) is 24.3 Å². The van der Waals surface area contributed by atoms with Crippen LogP contribution in [-0.2, 0) is 16.6 Å². The second kappa shape index (κ2) is 4.15. The van der Waals surface area contributed by atoms with Crippen molar-refractivity contribution >= 4 is 21.1 Å². The first kappa shape index (κ1) is 11.0. The molecule has 1 heterocycles. The lowest BCUT2D eigenvalue weighted by molar-refractivity contribution is 0.586. The van der Waals surface area contributed by atoms with Gasteiger partial charge in [-0.15, -0.1) is 0 Å². The molecule has 84 valence electrons. The highest BCUT2D eigenvalue weighted by Crippen LogP contribution is 2.08. The molecule has 2 rings (SSSR count). The molecule has 0 fully saturated rings. The zero-order valence-corrected chi connectivity index (χ0v) is 9.53. The fourth-order valence-corrected chi connectivity index (χ4v) is 1.70. The van der Waals surface area contributed by atoms with Gasteiger partial charge in [-0.2, -0.15) is 0 Å². The van der Waals surface area contributed by atoms with Crippen LogP contribution in [-0.4, -0.2) is 24.6 Å². The molecular formula is C10H11N3O2S. The van der Waals surface area contributed by atoms with E-state index in [1.165, 1.54) is 0 Å². The maximum absolute atomic E-state index is 10.9. The van der Waals surface area contributed by atoms with Crippen molar-refractivity contribution in [1.82, 2.24) is 14.7 Å². The van der Waals surface area contributed by atoms with Crippen molar-refractivity contribution in [3.8, 4) is 0 Å². The van der Waals surface area contributed by atoms with Crippen molar-refractivity contribution < 1.29 is 8.42 Å². The molecule has 0 radical (unpaired) electrons. The molecule has 1 N–H and O–H groups in total. The number of sulfonamides is 1. The number of fused-ring (bicyclic) bond motifs is 1. The van der Waals surface area contributed by atoms with Crippen molar-refractivity contribution in [3.63, 3.8) is 0 Å². The van der Waals surface area contributed by atoms with Crippen LogP contribution in [0.15, 0.2) is 30.5 Å². The van der Waals surface area contributed by atoms with Crippen LogP contribution in [0.2, 0.25) is 0 Å². The Kier molecular flexibility index (Phi) is 2.84. The third-order valence-electron chi connectivity index (χ3n) is 2.01. The fraction of sp³-hybridized carbons (Fsp3) is 0.200. The molecule has 0 unspecified atom stereocenters. The van der Waals surface area contributed by atoms with Crippen LogP contribution in [0.5, 0.6) is 0 Å². The number of nitrogens with zero attached hydrogens (tertiary/aromatic N) is 2. The third kappa shape index (κ3) is 2.74. The Balaban J connectivity index is 2.26. The summed E-state index contributed by atoms with van der Waals surface area (Å²) in [4.78, 5) is 8.47. The molecule has 0 aliphatic rings. The van der Waals surface area contributed by atoms with Gasteiger partial charge in [0.15, 0.2) is 0 Å². The fourth-order valence-electron chi connectivity index (χ4n) is 1.29. The van der Waals surface area contributed by atoms with E-state index in [0.29, 0.717) is 5.69 Å². The third-order valence-corrected chi connectivity index (χ3v) is 2.68. The molecule has 0 saturated carbocycles. The van der Waals surface area contributed by atoms with E-state index < -0.39 is 10.0 Å². The molecule has 6 heteroatoms. The van der Waals surface area contributed by atoms with Gasteiger partial charge in [-0.25, -0.2) is 18.1 Å². The van der Waals surface area contributed by atoms with E-state index >= 15 is 0 Å². The summed E-state index contributed by atoms with van der Waals surface area (Å²) in [6, 6.07) is 7.44. The normalized spacial score (nSPS) is 11.8. The quantitative estimate of drug-likeness (QED) is 0.852. The Bertz CT molecular complexity index is 610. The van der Waals surface area contributed by atoms with Gasteiger partial charge in [-0.05, 0) is 12.1 Å². The van der Waals surface area contributed by atoms with Crippen molar-refractivity contribution in [2.45, 2.75) is 6.54 Å². The van der Waals surface area contributed by atoms with Crippen LogP contribution in [0.25, 0.3) is 11.0 Å². The molecule has 2 aromatic rings. The number of nitrogens with one attached hydrogen (secondary N) is 1. The predicted octanol–water partition coefficient (Wildman–Crippen LogP) is 0.679. The highest BCUT2D eigenvalue weighted by Gasteiger charge is 2.03. The maximum Gasteiger partial charge on any atom is 0.209 e. The van der Waals surface area contributed by atoms with E-state index in [1.54, 1.807) is 6.20 Å². The van der Waals surface area contributed by atoms with Gasteiger partial charge < -0.3 is 0 Å². The Morgan fingerprint density at radius 1 is 1.25 bits per heavy atom. The highest BCUT2D eigenvalue weighted by molar-refractivity contribution is 7.88. The van der Waals surface area contributed by atoms with Gasteiger partial charge in [0, 0.05) is 0 Å². The zero-order chi connectivity index (χ0) is 11.6. The SMILES string of the molecule is CS(=O)(=O)NCc1cnc2ccccc2n1. The summed E-state index contributed by atoms with van der Waals surface area (Å²) in [7, 11) is -3.19. The summed E-state index contributed by atoms with van der Waals surface area (Å²) >= 11 is 0. The number of para-hydroxylation sites is 2. The number of rotatable bonds is 3. The van der Waals surface area contributed by atoms with E-state index in [2.05, 4.69) is 14.7 Å². The molecule has 0 bridgehead atoms. The number of hydrogen-bond donors (Lipinski definition) is 1. The Morgan fingerprint density at radius 2 is 1.94 bits per heavy atom. The number of aromatic nitrogens is 2. The van der Waals surface area contributed by atoms with Crippen LogP contribution in [0.4, 0.5) is 0 Å². The minimum atomic E-state index is -3.19. The lowest BCUT2D eigenvalue weighted by Crippen LogP contribution is -2.21. The molecule has 1 aromatic carbocycles. The summed E-state index contributed by atoms with van der Waals surface area (Å²) in [5, 5.41) is 0. The monoisotopic (exact) mass is 237 g/mol. The van der Waals surface area contributed by atoms with Crippen molar-refractivity contribution in [2.24, 2.45) is 0 Å². The van der Waals surface area contributed by atoms with Gasteiger partial charge in [0.25, 0.3) is 0 Å². The number of hydrogen-bond acceptors (Lipinski definition) is 4. The van der Waals surface area contributed by atoms with E-state index in [-0.39, 0.29) is 6.54 Å². The molecule has 0 amide bonds. The van der Waals surface area contributed by atoms with Crippen LogP contribution >= 0.6 is 0 Å². The lowest BCUT2D eigenvalue weighted by Gasteiger charge is -2.02. The molecule has 0 aliphatic carbocycles. The first-order valence-electron chi connectivity index (χ1n) is 4.70. The van der Waals surface area contributed by atoms with Crippen LogP contribution in [0.3, 0.4) is 0 Å². The molecule has 0 spiro atoms. The number of benzene rings is 1. The second-order valence-electron chi connectivity index (χ2n) is 3.44. The maximum atomic E-state index is 10.9. The van der Waals surface area contributed by atoms with Gasteiger partial charge in [0.2, 0.25) is 10.0 Å². The van der Waals surface area contributed by atoms with Gasteiger partial charge in [-0.1, -0.05) is 12.1 Å². The zero-order valence-electron chi connectivity index (χ0n) is 8.71. The largest absolute Gasteiger partial charge is 0.253 e. The predicted molar refractivity (Wildman–Crippen MR) is 61.2 cm³/mol. The Labute approximate surface area is 93.6 Å². The van der Waals surface area contributed by atoms with E-state index in [0.717, 1.165) is 17.3 Å². The molecular weight excluding hydrogens is 226 g/mol. The smallest absolute Gasteiger partial charge is 0.209 e. The minimum Gasteiger partial charge on any atom is -0.253 e. The topological polar surface area (TPSA) is 72.0 Å². The van der Waals surface area contributed by atoms with E-state index in [4.69, 9.17) is 0 Å². The minimum absolute atomic E-state index is 0.163. The molecule has 5 nitrogen and oxygen atoms in total. The average molecular weight is 237 g/mol. The first-order chi connectivity index (χ1) is 7.54. The molecule has 16 heavy (non-hydrogen) atoms. The lowest BCUT2D eigenvalue weighted by atomic mass is 10.3. The van der Waals surface area contributed by atoms with Crippen molar-refractivity contribution in [2.75, 3.05) is 6.26 Å². The summed E-state index contributed by atoms with van der Waals surface area (Å²) in [6.45, 7) is 0.163. The summed E-state index contributed by atoms with van der Waals surface area (Å²) in [6.07, 6.45) is 2.68. The molecule has 0 saturated heterocycles. The van der Waals surface area contributed by atoms with Crippen molar-refractivity contribution in [1.29, 1.82) is 0 Å². The Morgan fingerprint density at radius 3 is 2.62 bits per heavy atom. The molecule has 0 atom stereocenters. The van der Waals surface area contributed by atoms with Gasteiger partial charge in [0.05, 0.1) is 35.7 Å². The summed E-state index contributed by atoms with van der Waals surface area (Å²) in [5.41, 5.74) is 2.16.